The Kier molecular flexibility index (Phi) is 3.98. The van der Waals surface area contributed by atoms with Crippen molar-refractivity contribution in [3.63, 3.8) is 0 Å². The molecule has 1 unspecified atom stereocenters. The minimum Gasteiger partial charge on any atom is -0.337 e. The van der Waals surface area contributed by atoms with Gasteiger partial charge in [-0.1, -0.05) is 5.16 Å². The van der Waals surface area contributed by atoms with E-state index >= 15 is 0 Å². The molecule has 17 heavy (non-hydrogen) atoms. The molecule has 1 fully saturated rings. The number of aromatic nitrogens is 3. The minimum atomic E-state index is 0. The van der Waals surface area contributed by atoms with E-state index in [-0.39, 0.29) is 18.4 Å². The molecule has 0 radical (unpaired) electrons. The number of halogens is 1. The van der Waals surface area contributed by atoms with Crippen molar-refractivity contribution in [3.05, 3.63) is 30.4 Å². The van der Waals surface area contributed by atoms with E-state index in [1.54, 1.807) is 12.4 Å². The van der Waals surface area contributed by atoms with Crippen LogP contribution in [0.1, 0.15) is 11.9 Å². The van der Waals surface area contributed by atoms with Gasteiger partial charge >= 0.3 is 0 Å². The number of nitrogens with one attached hydrogen (secondary N) is 1. The van der Waals surface area contributed by atoms with Crippen molar-refractivity contribution in [1.82, 2.24) is 20.4 Å². The molecule has 7 heteroatoms. The molecule has 1 saturated heterocycles. The highest BCUT2D eigenvalue weighted by Crippen LogP contribution is 2.24. The van der Waals surface area contributed by atoms with Gasteiger partial charge in [-0.15, -0.1) is 24.2 Å². The molecule has 1 aliphatic heterocycles. The molecular formula is C10H11ClN4OS. The summed E-state index contributed by atoms with van der Waals surface area (Å²) in [5, 5.41) is 7.26. The molecule has 1 atom stereocenters. The van der Waals surface area contributed by atoms with Crippen molar-refractivity contribution in [1.29, 1.82) is 0 Å². The van der Waals surface area contributed by atoms with E-state index in [2.05, 4.69) is 20.4 Å². The Morgan fingerprint density at radius 2 is 2.18 bits per heavy atom. The SMILES string of the molecule is Cl.c1cc(-c2noc(C3CSCN3)n2)ccn1. The fraction of sp³-hybridized carbons (Fsp3) is 0.300. The van der Waals surface area contributed by atoms with Crippen LogP contribution in [0.15, 0.2) is 29.0 Å². The van der Waals surface area contributed by atoms with Crippen LogP contribution in [0.3, 0.4) is 0 Å². The summed E-state index contributed by atoms with van der Waals surface area (Å²) in [5.74, 6) is 3.21. The summed E-state index contributed by atoms with van der Waals surface area (Å²) in [7, 11) is 0. The molecule has 3 rings (SSSR count). The number of rotatable bonds is 2. The van der Waals surface area contributed by atoms with Crippen LogP contribution in [0.25, 0.3) is 11.4 Å². The predicted octanol–water partition coefficient (Wildman–Crippen LogP) is 1.89. The summed E-state index contributed by atoms with van der Waals surface area (Å²) < 4.78 is 5.25. The van der Waals surface area contributed by atoms with Crippen LogP contribution < -0.4 is 5.32 Å². The van der Waals surface area contributed by atoms with E-state index in [4.69, 9.17) is 4.52 Å². The lowest BCUT2D eigenvalue weighted by Crippen LogP contribution is -2.14. The van der Waals surface area contributed by atoms with E-state index in [0.29, 0.717) is 11.7 Å². The standard InChI is InChI=1S/C10H10N4OS.ClH/c1-3-11-4-2-7(1)9-13-10(15-14-9)8-5-16-6-12-8;/h1-4,8,12H,5-6H2;1H. The van der Waals surface area contributed by atoms with Gasteiger partial charge in [-0.2, -0.15) is 4.98 Å². The second kappa shape index (κ2) is 5.48. The van der Waals surface area contributed by atoms with E-state index in [1.807, 2.05) is 23.9 Å². The van der Waals surface area contributed by atoms with Gasteiger partial charge in [0.05, 0.1) is 6.04 Å². The minimum absolute atomic E-state index is 0. The molecule has 2 aromatic heterocycles. The van der Waals surface area contributed by atoms with Gasteiger partial charge < -0.3 is 4.52 Å². The number of nitrogens with zero attached hydrogens (tertiary/aromatic N) is 3. The molecule has 0 spiro atoms. The molecule has 0 bridgehead atoms. The first-order valence-electron chi connectivity index (χ1n) is 4.98. The summed E-state index contributed by atoms with van der Waals surface area (Å²) in [5.41, 5.74) is 0.927. The van der Waals surface area contributed by atoms with Crippen molar-refractivity contribution in [2.24, 2.45) is 0 Å². The van der Waals surface area contributed by atoms with Crippen LogP contribution >= 0.6 is 24.2 Å². The Hall–Kier alpha value is -1.11. The summed E-state index contributed by atoms with van der Waals surface area (Å²) in [6.07, 6.45) is 3.43. The normalized spacial score (nSPS) is 18.9. The zero-order valence-electron chi connectivity index (χ0n) is 8.87. The fourth-order valence-electron chi connectivity index (χ4n) is 1.55. The van der Waals surface area contributed by atoms with E-state index in [0.717, 1.165) is 17.2 Å². The maximum Gasteiger partial charge on any atom is 0.244 e. The lowest BCUT2D eigenvalue weighted by molar-refractivity contribution is 0.351. The predicted molar refractivity (Wildman–Crippen MR) is 68.0 cm³/mol. The zero-order chi connectivity index (χ0) is 10.8. The zero-order valence-corrected chi connectivity index (χ0v) is 10.5. The molecule has 5 nitrogen and oxygen atoms in total. The summed E-state index contributed by atoms with van der Waals surface area (Å²) in [4.78, 5) is 8.33. The second-order valence-electron chi connectivity index (χ2n) is 3.46. The van der Waals surface area contributed by atoms with E-state index < -0.39 is 0 Å². The Morgan fingerprint density at radius 3 is 2.88 bits per heavy atom. The topological polar surface area (TPSA) is 63.8 Å². The third-order valence-electron chi connectivity index (χ3n) is 2.39. The lowest BCUT2D eigenvalue weighted by Gasteiger charge is -2.00. The highest BCUT2D eigenvalue weighted by molar-refractivity contribution is 7.99. The summed E-state index contributed by atoms with van der Waals surface area (Å²) in [6.45, 7) is 0. The fourth-order valence-corrected chi connectivity index (χ4v) is 2.48. The van der Waals surface area contributed by atoms with Gasteiger partial charge in [-0.25, -0.2) is 0 Å². The lowest BCUT2D eigenvalue weighted by atomic mass is 10.2. The smallest absolute Gasteiger partial charge is 0.244 e. The third-order valence-corrected chi connectivity index (χ3v) is 3.33. The van der Waals surface area contributed by atoms with Crippen LogP contribution in [0.4, 0.5) is 0 Å². The molecule has 0 aromatic carbocycles. The molecule has 90 valence electrons. The van der Waals surface area contributed by atoms with Crippen LogP contribution in [0, 0.1) is 0 Å². The average Bonchev–Trinajstić information content (AvgIpc) is 3.01. The first-order chi connectivity index (χ1) is 7.93. The van der Waals surface area contributed by atoms with Crippen LogP contribution in [-0.2, 0) is 0 Å². The molecule has 0 aliphatic carbocycles. The Bertz CT molecular complexity index is 472. The van der Waals surface area contributed by atoms with Gasteiger partial charge in [-0.05, 0) is 12.1 Å². The maximum absolute atomic E-state index is 5.25. The number of thioether (sulfide) groups is 1. The maximum atomic E-state index is 5.25. The van der Waals surface area contributed by atoms with Gasteiger partial charge in [0.25, 0.3) is 0 Å². The average molecular weight is 271 g/mol. The van der Waals surface area contributed by atoms with Gasteiger partial charge in [0.2, 0.25) is 11.7 Å². The van der Waals surface area contributed by atoms with Crippen molar-refractivity contribution >= 4 is 24.2 Å². The highest BCUT2D eigenvalue weighted by atomic mass is 35.5. The first-order valence-corrected chi connectivity index (χ1v) is 6.14. The molecule has 3 heterocycles. The van der Waals surface area contributed by atoms with Crippen molar-refractivity contribution in [3.8, 4) is 11.4 Å². The third kappa shape index (κ3) is 2.59. The van der Waals surface area contributed by atoms with Crippen molar-refractivity contribution < 1.29 is 4.52 Å². The van der Waals surface area contributed by atoms with Crippen molar-refractivity contribution in [2.75, 3.05) is 11.6 Å². The van der Waals surface area contributed by atoms with Crippen LogP contribution in [0.5, 0.6) is 0 Å². The van der Waals surface area contributed by atoms with Gasteiger partial charge in [-0.3, -0.25) is 10.3 Å². The van der Waals surface area contributed by atoms with E-state index in [1.165, 1.54) is 0 Å². The van der Waals surface area contributed by atoms with E-state index in [9.17, 15) is 0 Å². The second-order valence-corrected chi connectivity index (χ2v) is 4.49. The Labute approximate surface area is 109 Å². The van der Waals surface area contributed by atoms with Crippen LogP contribution in [0.2, 0.25) is 0 Å². The summed E-state index contributed by atoms with van der Waals surface area (Å²) >= 11 is 1.83. The van der Waals surface area contributed by atoms with Crippen molar-refractivity contribution in [2.45, 2.75) is 6.04 Å². The van der Waals surface area contributed by atoms with Crippen LogP contribution in [-0.4, -0.2) is 26.8 Å². The Morgan fingerprint density at radius 1 is 1.35 bits per heavy atom. The first kappa shape index (κ1) is 12.3. The quantitative estimate of drug-likeness (QED) is 0.899. The van der Waals surface area contributed by atoms with Gasteiger partial charge in [0.15, 0.2) is 0 Å². The van der Waals surface area contributed by atoms with Gasteiger partial charge in [0.1, 0.15) is 0 Å². The molecular weight excluding hydrogens is 260 g/mol. The molecule has 0 saturated carbocycles. The molecule has 1 aliphatic rings. The Balaban J connectivity index is 0.00000108. The largest absolute Gasteiger partial charge is 0.337 e. The molecule has 1 N–H and O–H groups in total. The van der Waals surface area contributed by atoms with Gasteiger partial charge in [0, 0.05) is 29.6 Å². The monoisotopic (exact) mass is 270 g/mol. The molecule has 2 aromatic rings. The molecule has 0 amide bonds. The number of hydrogen-bond donors (Lipinski definition) is 1. The number of pyridine rings is 1. The highest BCUT2D eigenvalue weighted by Gasteiger charge is 2.22. The summed E-state index contributed by atoms with van der Waals surface area (Å²) in [6, 6.07) is 3.92. The number of hydrogen-bond acceptors (Lipinski definition) is 6.